The molecule has 1 aliphatic heterocycles. The topological polar surface area (TPSA) is 44.1 Å². The second-order valence-corrected chi connectivity index (χ2v) is 6.67. The minimum absolute atomic E-state index is 0.0606. The summed E-state index contributed by atoms with van der Waals surface area (Å²) in [4.78, 5) is 14.9. The van der Waals surface area contributed by atoms with Gasteiger partial charge in [-0.05, 0) is 22.3 Å². The van der Waals surface area contributed by atoms with E-state index in [0.29, 0.717) is 19.5 Å². The molecule has 2 aromatic carbocycles. The molecule has 1 amide bonds. The number of carbonyl (C=O) groups is 1. The highest BCUT2D eigenvalue weighted by molar-refractivity contribution is 5.94. The Balaban J connectivity index is 1.72. The van der Waals surface area contributed by atoms with Crippen LogP contribution in [0.25, 0.3) is 5.57 Å². The number of likely N-dealkylation sites (tertiary alicyclic amines) is 1. The first kappa shape index (κ1) is 14.7. The van der Waals surface area contributed by atoms with Gasteiger partial charge in [0, 0.05) is 25.4 Å². The van der Waals surface area contributed by atoms with Crippen LogP contribution in [0, 0.1) is 22.7 Å². The molecule has 3 nitrogen and oxygen atoms in total. The molecule has 0 saturated carbocycles. The van der Waals surface area contributed by atoms with Gasteiger partial charge in [0.15, 0.2) is 0 Å². The van der Waals surface area contributed by atoms with Crippen molar-refractivity contribution in [3.63, 3.8) is 0 Å². The summed E-state index contributed by atoms with van der Waals surface area (Å²) in [5.41, 5.74) is 3.15. The van der Waals surface area contributed by atoms with Gasteiger partial charge in [0.05, 0.1) is 6.07 Å². The first-order valence-electron chi connectivity index (χ1n) is 8.17. The van der Waals surface area contributed by atoms with Crippen LogP contribution in [0.15, 0.2) is 61.2 Å². The summed E-state index contributed by atoms with van der Waals surface area (Å²) in [5, 5.41) is 9.91. The highest BCUT2D eigenvalue weighted by Crippen LogP contribution is 2.51. The van der Waals surface area contributed by atoms with E-state index < -0.39 is 5.41 Å². The summed E-state index contributed by atoms with van der Waals surface area (Å²) in [6.07, 6.45) is 0.480. The van der Waals surface area contributed by atoms with Gasteiger partial charge in [-0.1, -0.05) is 61.2 Å². The van der Waals surface area contributed by atoms with E-state index in [-0.39, 0.29) is 11.8 Å². The lowest BCUT2D eigenvalue weighted by molar-refractivity contribution is -0.134. The number of nitriles is 1. The third-order valence-corrected chi connectivity index (χ3v) is 5.34. The van der Waals surface area contributed by atoms with E-state index >= 15 is 0 Å². The summed E-state index contributed by atoms with van der Waals surface area (Å²) in [6.45, 7) is 5.35. The predicted molar refractivity (Wildman–Crippen MR) is 92.6 cm³/mol. The van der Waals surface area contributed by atoms with Gasteiger partial charge >= 0.3 is 0 Å². The van der Waals surface area contributed by atoms with Crippen LogP contribution < -0.4 is 0 Å². The van der Waals surface area contributed by atoms with Crippen LogP contribution in [0.4, 0.5) is 0 Å². The van der Waals surface area contributed by atoms with Crippen molar-refractivity contribution < 1.29 is 4.79 Å². The molecule has 0 aromatic heterocycles. The van der Waals surface area contributed by atoms with Gasteiger partial charge in [0.2, 0.25) is 5.91 Å². The molecule has 1 fully saturated rings. The number of hydrogen-bond acceptors (Lipinski definition) is 2. The van der Waals surface area contributed by atoms with E-state index in [2.05, 4.69) is 12.6 Å². The van der Waals surface area contributed by atoms with Crippen molar-refractivity contribution in [3.05, 3.63) is 77.9 Å². The van der Waals surface area contributed by atoms with Crippen LogP contribution >= 0.6 is 0 Å². The van der Waals surface area contributed by atoms with E-state index in [4.69, 9.17) is 0 Å². The largest absolute Gasteiger partial charge is 0.336 e. The van der Waals surface area contributed by atoms with Crippen LogP contribution in [0.2, 0.25) is 0 Å². The number of amides is 1. The first-order valence-corrected chi connectivity index (χ1v) is 8.17. The minimum Gasteiger partial charge on any atom is -0.336 e. The second kappa shape index (κ2) is 5.35. The van der Waals surface area contributed by atoms with Gasteiger partial charge in [-0.15, -0.1) is 0 Å². The smallest absolute Gasteiger partial charge is 0.244 e. The molecule has 2 atom stereocenters. The molecule has 0 unspecified atom stereocenters. The second-order valence-electron chi connectivity index (χ2n) is 6.67. The molecule has 24 heavy (non-hydrogen) atoms. The quantitative estimate of drug-likeness (QED) is 0.852. The van der Waals surface area contributed by atoms with Gasteiger partial charge in [0.25, 0.3) is 0 Å². The Hall–Kier alpha value is -2.86. The van der Waals surface area contributed by atoms with Crippen molar-refractivity contribution in [2.24, 2.45) is 11.3 Å². The maximum Gasteiger partial charge on any atom is 0.244 e. The van der Waals surface area contributed by atoms with Crippen molar-refractivity contribution in [2.45, 2.75) is 13.0 Å². The highest BCUT2D eigenvalue weighted by Gasteiger charge is 2.57. The molecule has 1 saturated heterocycles. The molecule has 1 heterocycles. The lowest BCUT2D eigenvalue weighted by atomic mass is 9.65. The standard InChI is InChI=1S/C21H18N2O/c1-15-18-10-6-5-9-17(18)11-21(14-22)19(15)13-23(20(21)24)12-16-7-3-2-4-8-16/h2-10,19H,1,11-13H2/t19-,21-/m0/s1. The lowest BCUT2D eigenvalue weighted by Gasteiger charge is -2.33. The summed E-state index contributed by atoms with van der Waals surface area (Å²) in [5.74, 6) is -0.192. The van der Waals surface area contributed by atoms with E-state index in [9.17, 15) is 10.1 Å². The average molecular weight is 314 g/mol. The first-order chi connectivity index (χ1) is 11.7. The third kappa shape index (κ3) is 2.00. The molecule has 0 spiro atoms. The Morgan fingerprint density at radius 3 is 2.62 bits per heavy atom. The Morgan fingerprint density at radius 1 is 1.17 bits per heavy atom. The van der Waals surface area contributed by atoms with Gasteiger partial charge in [-0.25, -0.2) is 0 Å². The van der Waals surface area contributed by atoms with Crippen LogP contribution in [0.1, 0.15) is 16.7 Å². The molecule has 3 heteroatoms. The van der Waals surface area contributed by atoms with Gasteiger partial charge in [-0.2, -0.15) is 5.26 Å². The predicted octanol–water partition coefficient (Wildman–Crippen LogP) is 3.42. The number of fused-ring (bicyclic) bond motifs is 2. The molecular weight excluding hydrogens is 296 g/mol. The monoisotopic (exact) mass is 314 g/mol. The summed E-state index contributed by atoms with van der Waals surface area (Å²) >= 11 is 0. The molecule has 1 aliphatic carbocycles. The fourth-order valence-corrected chi connectivity index (χ4v) is 4.08. The van der Waals surface area contributed by atoms with Crippen molar-refractivity contribution in [1.82, 2.24) is 4.90 Å². The van der Waals surface area contributed by atoms with Gasteiger partial charge in [0.1, 0.15) is 5.41 Å². The van der Waals surface area contributed by atoms with Crippen LogP contribution in [-0.2, 0) is 17.8 Å². The van der Waals surface area contributed by atoms with Crippen molar-refractivity contribution in [2.75, 3.05) is 6.54 Å². The Bertz CT molecular complexity index is 865. The maximum absolute atomic E-state index is 13.1. The van der Waals surface area contributed by atoms with E-state index in [0.717, 1.165) is 22.3 Å². The third-order valence-electron chi connectivity index (χ3n) is 5.34. The molecular formula is C21H18N2O. The number of rotatable bonds is 2. The molecule has 2 aliphatic rings. The van der Waals surface area contributed by atoms with Crippen LogP contribution in [0.5, 0.6) is 0 Å². The zero-order chi connectivity index (χ0) is 16.7. The zero-order valence-electron chi connectivity index (χ0n) is 13.4. The fraction of sp³-hybridized carbons (Fsp3) is 0.238. The molecule has 0 radical (unpaired) electrons. The Kier molecular flexibility index (Phi) is 3.28. The molecule has 2 aromatic rings. The van der Waals surface area contributed by atoms with Gasteiger partial charge < -0.3 is 4.90 Å². The Labute approximate surface area is 141 Å². The molecule has 0 N–H and O–H groups in total. The SMILES string of the molecule is C=C1c2ccccc2C[C@@]2(C#N)C(=O)N(Cc3ccccc3)C[C@@H]12. The number of hydrogen-bond donors (Lipinski definition) is 0. The minimum atomic E-state index is -1.000. The fourth-order valence-electron chi connectivity index (χ4n) is 4.08. The van der Waals surface area contributed by atoms with Crippen LogP contribution in [0.3, 0.4) is 0 Å². The summed E-state index contributed by atoms with van der Waals surface area (Å²) < 4.78 is 0. The normalized spacial score (nSPS) is 25.1. The van der Waals surface area contributed by atoms with Crippen molar-refractivity contribution in [3.8, 4) is 6.07 Å². The average Bonchev–Trinajstić information content (AvgIpc) is 2.89. The van der Waals surface area contributed by atoms with E-state index in [1.165, 1.54) is 0 Å². The number of benzene rings is 2. The van der Waals surface area contributed by atoms with Crippen molar-refractivity contribution in [1.29, 1.82) is 5.26 Å². The number of nitrogens with zero attached hydrogens (tertiary/aromatic N) is 2. The molecule has 0 bridgehead atoms. The molecule has 118 valence electrons. The number of carbonyl (C=O) groups excluding carboxylic acids is 1. The lowest BCUT2D eigenvalue weighted by Crippen LogP contribution is -2.39. The van der Waals surface area contributed by atoms with E-state index in [1.54, 1.807) is 0 Å². The summed E-state index contributed by atoms with van der Waals surface area (Å²) in [6, 6.07) is 20.3. The Morgan fingerprint density at radius 2 is 1.88 bits per heavy atom. The van der Waals surface area contributed by atoms with Crippen LogP contribution in [-0.4, -0.2) is 17.4 Å². The summed E-state index contributed by atoms with van der Waals surface area (Å²) in [7, 11) is 0. The maximum atomic E-state index is 13.1. The zero-order valence-corrected chi connectivity index (χ0v) is 13.4. The molecule has 4 rings (SSSR count). The van der Waals surface area contributed by atoms with Gasteiger partial charge in [-0.3, -0.25) is 4.79 Å². The van der Waals surface area contributed by atoms with Crippen molar-refractivity contribution >= 4 is 11.5 Å². The van der Waals surface area contributed by atoms with E-state index in [1.807, 2.05) is 59.5 Å². The highest BCUT2D eigenvalue weighted by atomic mass is 16.2.